The third-order valence-corrected chi connectivity index (χ3v) is 1.53. The van der Waals surface area contributed by atoms with E-state index in [1.54, 1.807) is 0 Å². The van der Waals surface area contributed by atoms with E-state index in [2.05, 4.69) is 5.43 Å². The van der Waals surface area contributed by atoms with Crippen molar-refractivity contribution in [2.45, 2.75) is 20.3 Å². The minimum absolute atomic E-state index is 0.338. The number of hydrogen-bond donors (Lipinski definition) is 2. The van der Waals surface area contributed by atoms with Gasteiger partial charge in [-0.15, -0.1) is 0 Å². The van der Waals surface area contributed by atoms with Crippen LogP contribution in [0, 0.1) is 17.2 Å². The third kappa shape index (κ3) is 2.51. The summed E-state index contributed by atoms with van der Waals surface area (Å²) in [6, 6.07) is 1.93. The van der Waals surface area contributed by atoms with Crippen molar-refractivity contribution in [2.24, 2.45) is 11.8 Å². The highest BCUT2D eigenvalue weighted by Crippen LogP contribution is 2.08. The van der Waals surface area contributed by atoms with Crippen LogP contribution in [-0.4, -0.2) is 0 Å². The van der Waals surface area contributed by atoms with Gasteiger partial charge in [-0.1, -0.05) is 13.8 Å². The van der Waals surface area contributed by atoms with Gasteiger partial charge in [0.1, 0.15) is 0 Å². The largest absolute Gasteiger partial charge is 0.327 e. The van der Waals surface area contributed by atoms with Gasteiger partial charge in [0.2, 0.25) is 0 Å². The van der Waals surface area contributed by atoms with Crippen LogP contribution in [0.25, 0.3) is 0 Å². The number of nitriles is 1. The smallest absolute Gasteiger partial charge is 0.0930 e. The summed E-state index contributed by atoms with van der Waals surface area (Å²) in [4.78, 5) is 0. The van der Waals surface area contributed by atoms with Crippen LogP contribution in [0.3, 0.4) is 0 Å². The van der Waals surface area contributed by atoms with E-state index in [0.717, 1.165) is 12.1 Å². The maximum atomic E-state index is 8.29. The molecule has 0 aliphatic heterocycles. The lowest BCUT2D eigenvalue weighted by Gasteiger charge is -2.10. The van der Waals surface area contributed by atoms with Gasteiger partial charge in [0.05, 0.1) is 6.07 Å². The highest BCUT2D eigenvalue weighted by atomic mass is 15.2. The topological polar surface area (TPSA) is 61.8 Å². The fraction of sp³-hybridized carbons (Fsp3) is 0.571. The Bertz CT molecular complexity index is 155. The van der Waals surface area contributed by atoms with E-state index in [1.165, 1.54) is 6.08 Å². The van der Waals surface area contributed by atoms with Crippen LogP contribution in [0.1, 0.15) is 20.3 Å². The maximum Gasteiger partial charge on any atom is 0.0930 e. The fourth-order valence-electron chi connectivity index (χ4n) is 0.616. The average Bonchev–Trinajstić information content (AvgIpc) is 1.99. The summed E-state index contributed by atoms with van der Waals surface area (Å²) in [5.74, 6) is 5.50. The summed E-state index contributed by atoms with van der Waals surface area (Å²) < 4.78 is 0. The number of nitrogens with two attached hydrogens (primary N) is 1. The van der Waals surface area contributed by atoms with Crippen LogP contribution in [0.5, 0.6) is 0 Å². The van der Waals surface area contributed by atoms with Crippen LogP contribution in [0.2, 0.25) is 0 Å². The maximum absolute atomic E-state index is 8.29. The van der Waals surface area contributed by atoms with Crippen molar-refractivity contribution in [1.82, 2.24) is 5.43 Å². The van der Waals surface area contributed by atoms with Crippen molar-refractivity contribution in [2.75, 3.05) is 0 Å². The molecule has 56 valence electrons. The van der Waals surface area contributed by atoms with Crippen LogP contribution < -0.4 is 11.3 Å². The molecule has 0 radical (unpaired) electrons. The Hall–Kier alpha value is -1.01. The van der Waals surface area contributed by atoms with E-state index in [0.29, 0.717) is 5.92 Å². The molecule has 0 aliphatic rings. The first-order chi connectivity index (χ1) is 4.76. The van der Waals surface area contributed by atoms with Gasteiger partial charge in [-0.3, -0.25) is 5.84 Å². The first-order valence-corrected chi connectivity index (χ1v) is 3.32. The Morgan fingerprint density at radius 2 is 2.50 bits per heavy atom. The summed E-state index contributed by atoms with van der Waals surface area (Å²) >= 11 is 0. The summed E-state index contributed by atoms with van der Waals surface area (Å²) in [6.07, 6.45) is 2.42. The average molecular weight is 139 g/mol. The van der Waals surface area contributed by atoms with Gasteiger partial charge in [0.15, 0.2) is 0 Å². The molecule has 0 rings (SSSR count). The minimum atomic E-state index is 0.338. The summed E-state index contributed by atoms with van der Waals surface area (Å²) in [5.41, 5.74) is 3.29. The van der Waals surface area contributed by atoms with Gasteiger partial charge in [-0.25, -0.2) is 0 Å². The molecular weight excluding hydrogens is 126 g/mol. The second-order valence-corrected chi connectivity index (χ2v) is 2.18. The van der Waals surface area contributed by atoms with E-state index in [4.69, 9.17) is 11.1 Å². The van der Waals surface area contributed by atoms with E-state index >= 15 is 0 Å². The standard InChI is InChI=1S/C7H13N3/c1-3-6(2)7(10-9)4-5-8/h4,6,10H,3,9H2,1-2H3/b7-4-. The summed E-state index contributed by atoms with van der Waals surface area (Å²) in [6.45, 7) is 4.07. The highest BCUT2D eigenvalue weighted by Gasteiger charge is 2.02. The van der Waals surface area contributed by atoms with Gasteiger partial charge in [0.25, 0.3) is 0 Å². The molecule has 10 heavy (non-hydrogen) atoms. The zero-order valence-corrected chi connectivity index (χ0v) is 6.39. The Morgan fingerprint density at radius 3 is 2.80 bits per heavy atom. The Balaban J connectivity index is 4.09. The molecule has 3 heteroatoms. The molecule has 3 nitrogen and oxygen atoms in total. The molecule has 0 heterocycles. The van der Waals surface area contributed by atoms with Crippen LogP contribution in [0.15, 0.2) is 11.8 Å². The molecule has 0 aliphatic carbocycles. The van der Waals surface area contributed by atoms with Gasteiger partial charge < -0.3 is 5.43 Å². The molecule has 0 spiro atoms. The monoisotopic (exact) mass is 139 g/mol. The van der Waals surface area contributed by atoms with E-state index in [9.17, 15) is 0 Å². The van der Waals surface area contributed by atoms with Crippen LogP contribution >= 0.6 is 0 Å². The molecule has 0 aromatic carbocycles. The highest BCUT2D eigenvalue weighted by molar-refractivity contribution is 5.13. The predicted octanol–water partition coefficient (Wildman–Crippen LogP) is 0.903. The summed E-state index contributed by atoms with van der Waals surface area (Å²) in [5, 5.41) is 8.29. The normalized spacial score (nSPS) is 14.0. The van der Waals surface area contributed by atoms with Gasteiger partial charge in [-0.05, 0) is 12.3 Å². The zero-order chi connectivity index (χ0) is 7.98. The van der Waals surface area contributed by atoms with Crippen molar-refractivity contribution in [3.8, 4) is 6.07 Å². The van der Waals surface area contributed by atoms with Gasteiger partial charge in [0, 0.05) is 11.8 Å². The fourth-order valence-corrected chi connectivity index (χ4v) is 0.616. The number of rotatable bonds is 3. The van der Waals surface area contributed by atoms with Gasteiger partial charge in [-0.2, -0.15) is 5.26 Å². The molecule has 0 fully saturated rings. The SMILES string of the molecule is CCC(C)/C(=C/C#N)NN. The predicted molar refractivity (Wildman–Crippen MR) is 40.5 cm³/mol. The van der Waals surface area contributed by atoms with Crippen molar-refractivity contribution in [3.05, 3.63) is 11.8 Å². The lowest BCUT2D eigenvalue weighted by atomic mass is 10.1. The number of allylic oxidation sites excluding steroid dienone is 2. The van der Waals surface area contributed by atoms with Crippen LogP contribution in [0.4, 0.5) is 0 Å². The summed E-state index contributed by atoms with van der Waals surface area (Å²) in [7, 11) is 0. The molecule has 1 atom stereocenters. The van der Waals surface area contributed by atoms with E-state index < -0.39 is 0 Å². The van der Waals surface area contributed by atoms with E-state index in [-0.39, 0.29) is 0 Å². The third-order valence-electron chi connectivity index (χ3n) is 1.53. The lowest BCUT2D eigenvalue weighted by Crippen LogP contribution is -2.25. The van der Waals surface area contributed by atoms with Gasteiger partial charge >= 0.3 is 0 Å². The quantitative estimate of drug-likeness (QED) is 0.347. The molecule has 0 saturated heterocycles. The van der Waals surface area contributed by atoms with Crippen molar-refractivity contribution in [3.63, 3.8) is 0 Å². The van der Waals surface area contributed by atoms with Crippen molar-refractivity contribution >= 4 is 0 Å². The number of nitrogens with one attached hydrogen (secondary N) is 1. The molecule has 0 aromatic heterocycles. The second kappa shape index (κ2) is 4.83. The first-order valence-electron chi connectivity index (χ1n) is 3.32. The Labute approximate surface area is 61.5 Å². The zero-order valence-electron chi connectivity index (χ0n) is 6.39. The molecular formula is C7H13N3. The molecule has 0 saturated carbocycles. The number of hydrazine groups is 1. The van der Waals surface area contributed by atoms with Crippen molar-refractivity contribution < 1.29 is 0 Å². The van der Waals surface area contributed by atoms with Crippen LogP contribution in [-0.2, 0) is 0 Å². The molecule has 0 bridgehead atoms. The molecule has 0 amide bonds. The lowest BCUT2D eigenvalue weighted by molar-refractivity contribution is 0.597. The second-order valence-electron chi connectivity index (χ2n) is 2.18. The Kier molecular flexibility index (Phi) is 4.34. The van der Waals surface area contributed by atoms with Crippen molar-refractivity contribution in [1.29, 1.82) is 5.26 Å². The number of hydrogen-bond acceptors (Lipinski definition) is 3. The first kappa shape index (κ1) is 8.99. The minimum Gasteiger partial charge on any atom is -0.327 e. The molecule has 3 N–H and O–H groups in total. The Morgan fingerprint density at radius 1 is 1.90 bits per heavy atom. The van der Waals surface area contributed by atoms with E-state index in [1.807, 2.05) is 19.9 Å². The molecule has 0 aromatic rings. The molecule has 1 unspecified atom stereocenters. The number of nitrogens with zero attached hydrogens (tertiary/aromatic N) is 1.